The van der Waals surface area contributed by atoms with E-state index in [-0.39, 0.29) is 0 Å². The fourth-order valence-electron chi connectivity index (χ4n) is 2.29. The maximum absolute atomic E-state index is 5.99. The molecule has 2 aromatic rings. The molecule has 1 aliphatic rings. The van der Waals surface area contributed by atoms with Gasteiger partial charge >= 0.3 is 0 Å². The molecular formula is C13H12N2. The van der Waals surface area contributed by atoms with Gasteiger partial charge in [0.15, 0.2) is 0 Å². The van der Waals surface area contributed by atoms with E-state index < -0.39 is 0 Å². The Morgan fingerprint density at radius 1 is 1.00 bits per heavy atom. The molecule has 0 unspecified atom stereocenters. The average Bonchev–Trinajstić information content (AvgIpc) is 2.29. The van der Waals surface area contributed by atoms with Gasteiger partial charge in [-0.15, -0.1) is 0 Å². The summed E-state index contributed by atoms with van der Waals surface area (Å²) in [7, 11) is 0. The van der Waals surface area contributed by atoms with Gasteiger partial charge in [0.1, 0.15) is 0 Å². The standard InChI is InChI=1S/C13H12N2/c14-12-8-15-7-10-6-5-9-3-1-2-4-11(9)13(10)12/h1-4,7-8H,5-6,14H2. The third kappa shape index (κ3) is 1.22. The maximum atomic E-state index is 5.99. The Morgan fingerprint density at radius 2 is 1.80 bits per heavy atom. The van der Waals surface area contributed by atoms with Crippen LogP contribution in [0.15, 0.2) is 36.7 Å². The van der Waals surface area contributed by atoms with Crippen molar-refractivity contribution < 1.29 is 0 Å². The lowest BCUT2D eigenvalue weighted by Gasteiger charge is -2.20. The molecule has 2 nitrogen and oxygen atoms in total. The van der Waals surface area contributed by atoms with Crippen LogP contribution in [0, 0.1) is 0 Å². The molecule has 0 atom stereocenters. The minimum Gasteiger partial charge on any atom is -0.397 e. The highest BCUT2D eigenvalue weighted by Crippen LogP contribution is 2.36. The Kier molecular flexibility index (Phi) is 1.75. The Hall–Kier alpha value is -1.83. The predicted molar refractivity (Wildman–Crippen MR) is 61.5 cm³/mol. The summed E-state index contributed by atoms with van der Waals surface area (Å²) in [6, 6.07) is 8.47. The molecule has 2 heteroatoms. The molecule has 2 N–H and O–H groups in total. The fourth-order valence-corrected chi connectivity index (χ4v) is 2.29. The number of aryl methyl sites for hydroxylation is 2. The van der Waals surface area contributed by atoms with E-state index in [2.05, 4.69) is 29.2 Å². The van der Waals surface area contributed by atoms with Crippen molar-refractivity contribution in [3.8, 4) is 11.1 Å². The lowest BCUT2D eigenvalue weighted by Crippen LogP contribution is -2.06. The van der Waals surface area contributed by atoms with Crippen molar-refractivity contribution in [1.82, 2.24) is 4.98 Å². The van der Waals surface area contributed by atoms with Crippen LogP contribution in [-0.2, 0) is 12.8 Å². The zero-order valence-corrected chi connectivity index (χ0v) is 8.40. The normalized spacial score (nSPS) is 13.1. The molecule has 0 aliphatic heterocycles. The second-order valence-corrected chi connectivity index (χ2v) is 3.92. The highest BCUT2D eigenvalue weighted by Gasteiger charge is 2.17. The molecule has 0 radical (unpaired) electrons. The van der Waals surface area contributed by atoms with Crippen LogP contribution in [0.3, 0.4) is 0 Å². The van der Waals surface area contributed by atoms with Gasteiger partial charge in [-0.2, -0.15) is 0 Å². The van der Waals surface area contributed by atoms with E-state index in [0.29, 0.717) is 0 Å². The van der Waals surface area contributed by atoms with E-state index in [1.165, 1.54) is 22.3 Å². The van der Waals surface area contributed by atoms with Gasteiger partial charge in [0, 0.05) is 11.8 Å². The number of anilines is 1. The first-order valence-corrected chi connectivity index (χ1v) is 5.17. The summed E-state index contributed by atoms with van der Waals surface area (Å²) in [5.41, 5.74) is 11.9. The van der Waals surface area contributed by atoms with Crippen molar-refractivity contribution in [3.63, 3.8) is 0 Å². The SMILES string of the molecule is Nc1cncc2c1-c1ccccc1CC2. The molecular weight excluding hydrogens is 184 g/mol. The zero-order chi connectivity index (χ0) is 10.3. The van der Waals surface area contributed by atoms with Gasteiger partial charge in [-0.05, 0) is 29.5 Å². The van der Waals surface area contributed by atoms with Crippen LogP contribution in [-0.4, -0.2) is 4.98 Å². The molecule has 0 fully saturated rings. The Bertz CT molecular complexity index is 518. The van der Waals surface area contributed by atoms with Crippen molar-refractivity contribution in [2.24, 2.45) is 0 Å². The highest BCUT2D eigenvalue weighted by molar-refractivity contribution is 5.82. The molecule has 74 valence electrons. The third-order valence-corrected chi connectivity index (χ3v) is 3.00. The number of pyridine rings is 1. The second-order valence-electron chi connectivity index (χ2n) is 3.92. The zero-order valence-electron chi connectivity index (χ0n) is 8.40. The van der Waals surface area contributed by atoms with Crippen LogP contribution in [0.1, 0.15) is 11.1 Å². The topological polar surface area (TPSA) is 38.9 Å². The molecule has 0 saturated carbocycles. The summed E-state index contributed by atoms with van der Waals surface area (Å²) in [5, 5.41) is 0. The van der Waals surface area contributed by atoms with Crippen LogP contribution < -0.4 is 5.73 Å². The first kappa shape index (κ1) is 8.48. The summed E-state index contributed by atoms with van der Waals surface area (Å²) in [6.45, 7) is 0. The second kappa shape index (κ2) is 3.09. The number of nitrogen functional groups attached to an aromatic ring is 1. The van der Waals surface area contributed by atoms with E-state index in [9.17, 15) is 0 Å². The van der Waals surface area contributed by atoms with Gasteiger partial charge in [-0.3, -0.25) is 4.98 Å². The van der Waals surface area contributed by atoms with E-state index in [1.54, 1.807) is 6.20 Å². The lowest BCUT2D eigenvalue weighted by atomic mass is 9.86. The molecule has 1 aromatic carbocycles. The molecule has 1 heterocycles. The van der Waals surface area contributed by atoms with Gasteiger partial charge in [0.25, 0.3) is 0 Å². The smallest absolute Gasteiger partial charge is 0.0583 e. The molecule has 0 bridgehead atoms. The largest absolute Gasteiger partial charge is 0.397 e. The first-order valence-electron chi connectivity index (χ1n) is 5.17. The van der Waals surface area contributed by atoms with Crippen molar-refractivity contribution in [2.75, 3.05) is 5.73 Å². The first-order chi connectivity index (χ1) is 7.36. The number of nitrogens with zero attached hydrogens (tertiary/aromatic N) is 1. The van der Waals surface area contributed by atoms with E-state index in [0.717, 1.165) is 18.5 Å². The Balaban J connectivity index is 2.33. The van der Waals surface area contributed by atoms with Crippen LogP contribution in [0.25, 0.3) is 11.1 Å². The summed E-state index contributed by atoms with van der Waals surface area (Å²) >= 11 is 0. The Morgan fingerprint density at radius 3 is 2.73 bits per heavy atom. The lowest BCUT2D eigenvalue weighted by molar-refractivity contribution is 0.932. The monoisotopic (exact) mass is 196 g/mol. The molecule has 0 spiro atoms. The number of hydrogen-bond acceptors (Lipinski definition) is 2. The van der Waals surface area contributed by atoms with E-state index in [4.69, 9.17) is 5.73 Å². The molecule has 1 aromatic heterocycles. The average molecular weight is 196 g/mol. The fraction of sp³-hybridized carbons (Fsp3) is 0.154. The van der Waals surface area contributed by atoms with E-state index in [1.807, 2.05) is 6.20 Å². The minimum atomic E-state index is 0.791. The molecule has 15 heavy (non-hydrogen) atoms. The number of hydrogen-bond donors (Lipinski definition) is 1. The van der Waals surface area contributed by atoms with Crippen molar-refractivity contribution in [2.45, 2.75) is 12.8 Å². The number of benzene rings is 1. The molecule has 3 rings (SSSR count). The number of nitrogens with two attached hydrogens (primary N) is 1. The number of aromatic nitrogens is 1. The maximum Gasteiger partial charge on any atom is 0.0583 e. The predicted octanol–water partition coefficient (Wildman–Crippen LogP) is 2.43. The van der Waals surface area contributed by atoms with Gasteiger partial charge in [-0.25, -0.2) is 0 Å². The Labute approximate surface area is 88.8 Å². The van der Waals surface area contributed by atoms with Gasteiger partial charge < -0.3 is 5.73 Å². The van der Waals surface area contributed by atoms with Crippen LogP contribution in [0.2, 0.25) is 0 Å². The van der Waals surface area contributed by atoms with Crippen LogP contribution in [0.5, 0.6) is 0 Å². The van der Waals surface area contributed by atoms with Crippen molar-refractivity contribution in [1.29, 1.82) is 0 Å². The van der Waals surface area contributed by atoms with Crippen LogP contribution >= 0.6 is 0 Å². The minimum absolute atomic E-state index is 0.791. The highest BCUT2D eigenvalue weighted by atomic mass is 14.7. The summed E-state index contributed by atoms with van der Waals surface area (Å²) in [4.78, 5) is 4.15. The third-order valence-electron chi connectivity index (χ3n) is 3.00. The number of fused-ring (bicyclic) bond motifs is 3. The summed E-state index contributed by atoms with van der Waals surface area (Å²) in [6.07, 6.45) is 5.81. The van der Waals surface area contributed by atoms with Gasteiger partial charge in [-0.1, -0.05) is 24.3 Å². The molecule has 0 saturated heterocycles. The molecule has 0 amide bonds. The van der Waals surface area contributed by atoms with Gasteiger partial charge in [0.05, 0.1) is 11.9 Å². The quantitative estimate of drug-likeness (QED) is 0.702. The summed E-state index contributed by atoms with van der Waals surface area (Å²) in [5.74, 6) is 0. The molecule has 1 aliphatic carbocycles. The number of rotatable bonds is 0. The summed E-state index contributed by atoms with van der Waals surface area (Å²) < 4.78 is 0. The van der Waals surface area contributed by atoms with Gasteiger partial charge in [0.2, 0.25) is 0 Å². The van der Waals surface area contributed by atoms with Crippen molar-refractivity contribution in [3.05, 3.63) is 47.8 Å². The van der Waals surface area contributed by atoms with Crippen LogP contribution in [0.4, 0.5) is 5.69 Å². The van der Waals surface area contributed by atoms with Crippen molar-refractivity contribution >= 4 is 5.69 Å². The van der Waals surface area contributed by atoms with E-state index >= 15 is 0 Å².